The summed E-state index contributed by atoms with van der Waals surface area (Å²) in [6, 6.07) is 16.1. The van der Waals surface area contributed by atoms with Gasteiger partial charge in [-0.2, -0.15) is 11.8 Å². The third kappa shape index (κ3) is 20.5. The van der Waals surface area contributed by atoms with Gasteiger partial charge in [0.15, 0.2) is 0 Å². The number of benzene rings is 2. The Kier molecular flexibility index (Phi) is 20.1. The van der Waals surface area contributed by atoms with E-state index in [2.05, 4.69) is 16.2 Å². The number of amides is 3. The van der Waals surface area contributed by atoms with E-state index in [1.807, 2.05) is 30.3 Å². The van der Waals surface area contributed by atoms with Crippen molar-refractivity contribution >= 4 is 53.4 Å². The van der Waals surface area contributed by atoms with Crippen LogP contribution in [0.3, 0.4) is 0 Å². The van der Waals surface area contributed by atoms with Gasteiger partial charge in [0.25, 0.3) is 5.91 Å². The Morgan fingerprint density at radius 3 is 1.60 bits per heavy atom. The summed E-state index contributed by atoms with van der Waals surface area (Å²) < 4.78 is 0. The van der Waals surface area contributed by atoms with Crippen LogP contribution in [0.5, 0.6) is 0 Å². The lowest BCUT2D eigenvalue weighted by atomic mass is 10.1. The Hall–Kier alpha value is -5.08. The van der Waals surface area contributed by atoms with Gasteiger partial charge in [-0.25, -0.2) is 0 Å². The first-order chi connectivity index (χ1) is 25.2. The number of carbonyl (C=O) groups excluding carboxylic acids is 3. The van der Waals surface area contributed by atoms with Crippen LogP contribution < -0.4 is 21.9 Å². The van der Waals surface area contributed by atoms with Crippen molar-refractivity contribution in [2.24, 2.45) is 5.73 Å². The van der Waals surface area contributed by atoms with Crippen LogP contribution in [0.1, 0.15) is 23.1 Å². The Morgan fingerprint density at radius 1 is 0.604 bits per heavy atom. The molecule has 2 rings (SSSR count). The second-order valence-corrected chi connectivity index (χ2v) is 13.0. The number of aliphatic carboxylic acids is 4. The van der Waals surface area contributed by atoms with E-state index in [4.69, 9.17) is 26.2 Å². The van der Waals surface area contributed by atoms with E-state index in [-0.39, 0.29) is 45.7 Å². The minimum absolute atomic E-state index is 0.0363. The molecule has 0 heterocycles. The first-order valence-electron chi connectivity index (χ1n) is 16.5. The summed E-state index contributed by atoms with van der Waals surface area (Å²) in [6.45, 7) is -2.33. The number of carboxylic acids is 4. The smallest absolute Gasteiger partial charge is 0.317 e. The number of hydrogen-bond donors (Lipinski definition) is 8. The SMILES string of the molecule is N[C@H](CSCc1ccccc1)C(=O)NNC(=O)CCc1ccc(CNC(=O)CN(CCN(CC(=O)O)CC(=O)O)CCN(CC(=O)O)CC(=O)O)cc1. The molecule has 53 heavy (non-hydrogen) atoms. The number of carbonyl (C=O) groups is 7. The summed E-state index contributed by atoms with van der Waals surface area (Å²) in [5.74, 6) is -5.21. The maximum Gasteiger partial charge on any atom is 0.317 e. The van der Waals surface area contributed by atoms with Crippen LogP contribution in [-0.2, 0) is 52.3 Å². The predicted molar refractivity (Wildman–Crippen MR) is 193 cm³/mol. The van der Waals surface area contributed by atoms with Gasteiger partial charge in [-0.1, -0.05) is 54.6 Å². The molecule has 0 bridgehead atoms. The molecule has 0 fully saturated rings. The van der Waals surface area contributed by atoms with Crippen molar-refractivity contribution in [3.63, 3.8) is 0 Å². The maximum absolute atomic E-state index is 12.9. The number of hydrazine groups is 1. The van der Waals surface area contributed by atoms with Gasteiger partial charge in [-0.15, -0.1) is 0 Å². The number of thioether (sulfide) groups is 1. The molecule has 0 aliphatic heterocycles. The molecule has 0 radical (unpaired) electrons. The number of rotatable bonds is 26. The van der Waals surface area contributed by atoms with Crippen LogP contribution in [0.2, 0.25) is 0 Å². The number of nitrogens with zero attached hydrogens (tertiary/aromatic N) is 3. The van der Waals surface area contributed by atoms with Gasteiger partial charge < -0.3 is 31.5 Å². The number of nitrogens with two attached hydrogens (primary N) is 1. The normalized spacial score (nSPS) is 11.6. The quantitative estimate of drug-likeness (QED) is 0.0528. The van der Waals surface area contributed by atoms with Crippen molar-refractivity contribution in [2.75, 3.05) is 64.7 Å². The molecule has 0 saturated carbocycles. The zero-order chi connectivity index (χ0) is 39.2. The van der Waals surface area contributed by atoms with Crippen LogP contribution in [-0.4, -0.2) is 147 Å². The van der Waals surface area contributed by atoms with Crippen molar-refractivity contribution in [1.82, 2.24) is 30.9 Å². The predicted octanol–water partition coefficient (Wildman–Crippen LogP) is -1.11. The topological polar surface area (TPSA) is 272 Å². The van der Waals surface area contributed by atoms with Gasteiger partial charge in [-0.05, 0) is 23.1 Å². The minimum atomic E-state index is -1.24. The van der Waals surface area contributed by atoms with Crippen LogP contribution in [0.25, 0.3) is 0 Å². The summed E-state index contributed by atoms with van der Waals surface area (Å²) in [5.41, 5.74) is 13.4. The van der Waals surface area contributed by atoms with Gasteiger partial charge in [0.2, 0.25) is 11.8 Å². The van der Waals surface area contributed by atoms with E-state index in [1.165, 1.54) is 11.8 Å². The number of hydrogen-bond acceptors (Lipinski definition) is 12. The average molecular weight is 762 g/mol. The highest BCUT2D eigenvalue weighted by atomic mass is 32.2. The molecule has 2 aromatic rings. The highest BCUT2D eigenvalue weighted by Gasteiger charge is 2.20. The minimum Gasteiger partial charge on any atom is -0.480 e. The first-order valence-corrected chi connectivity index (χ1v) is 17.7. The summed E-state index contributed by atoms with van der Waals surface area (Å²) in [4.78, 5) is 86.1. The van der Waals surface area contributed by atoms with Crippen LogP contribution in [0, 0.1) is 0 Å². The van der Waals surface area contributed by atoms with Crippen molar-refractivity contribution in [1.29, 1.82) is 0 Å². The van der Waals surface area contributed by atoms with E-state index < -0.39 is 73.8 Å². The lowest BCUT2D eigenvalue weighted by Gasteiger charge is -2.28. The molecule has 1 atom stereocenters. The van der Waals surface area contributed by atoms with E-state index in [0.717, 1.165) is 26.5 Å². The molecule has 9 N–H and O–H groups in total. The molecule has 0 aromatic heterocycles. The molecule has 0 unspecified atom stereocenters. The summed E-state index contributed by atoms with van der Waals surface area (Å²) in [7, 11) is 0. The molecule has 2 aromatic carbocycles. The average Bonchev–Trinajstić information content (AvgIpc) is 3.09. The fraction of sp³-hybridized carbons (Fsp3) is 0.441. The summed E-state index contributed by atoms with van der Waals surface area (Å²) in [5, 5.41) is 39.3. The highest BCUT2D eigenvalue weighted by molar-refractivity contribution is 7.98. The Labute approximate surface area is 310 Å². The van der Waals surface area contributed by atoms with E-state index >= 15 is 0 Å². The number of carboxylic acid groups (broad SMARTS) is 4. The molecule has 0 spiro atoms. The second-order valence-electron chi connectivity index (χ2n) is 12.0. The van der Waals surface area contributed by atoms with Gasteiger partial charge in [0.1, 0.15) is 0 Å². The lowest BCUT2D eigenvalue weighted by Crippen LogP contribution is -2.50. The molecule has 3 amide bonds. The molecule has 19 heteroatoms. The second kappa shape index (κ2) is 24.2. The number of aryl methyl sites for hydroxylation is 1. The van der Waals surface area contributed by atoms with Crippen molar-refractivity contribution in [2.45, 2.75) is 31.2 Å². The van der Waals surface area contributed by atoms with Crippen molar-refractivity contribution < 1.29 is 54.0 Å². The van der Waals surface area contributed by atoms with Crippen LogP contribution in [0.15, 0.2) is 54.6 Å². The van der Waals surface area contributed by atoms with Crippen LogP contribution in [0.4, 0.5) is 0 Å². The molecular formula is C34H47N7O11S. The third-order valence-corrected chi connectivity index (χ3v) is 8.62. The first kappa shape index (κ1) is 44.1. The van der Waals surface area contributed by atoms with Gasteiger partial charge in [-0.3, -0.25) is 59.1 Å². The van der Waals surface area contributed by atoms with E-state index in [9.17, 15) is 33.6 Å². The number of nitrogens with one attached hydrogen (secondary N) is 3. The fourth-order valence-electron chi connectivity index (χ4n) is 4.81. The molecule has 290 valence electrons. The zero-order valence-electron chi connectivity index (χ0n) is 29.1. The standard InChI is InChI=1S/C34H47N7O11S/c35-27(23-53-22-26-4-2-1-3-5-26)34(52)38-37-28(42)11-10-24-6-8-25(9-7-24)16-36-29(43)17-39(12-14-40(18-30(44)45)19-31(46)47)13-15-41(20-32(48)49)21-33(50)51/h1-9,27H,10-23,35H2,(H,36,43)(H,37,42)(H,38,52)(H,44,45)(H,46,47)(H,48,49)(H,50,51)/t27-/m1/s1. The monoisotopic (exact) mass is 761 g/mol. The van der Waals surface area contributed by atoms with Gasteiger partial charge >= 0.3 is 23.9 Å². The molecular weight excluding hydrogens is 714 g/mol. The lowest BCUT2D eigenvalue weighted by molar-refractivity contribution is -0.143. The molecule has 0 saturated heterocycles. The largest absolute Gasteiger partial charge is 0.480 e. The third-order valence-electron chi connectivity index (χ3n) is 7.49. The van der Waals surface area contributed by atoms with Crippen LogP contribution >= 0.6 is 11.8 Å². The van der Waals surface area contributed by atoms with E-state index in [1.54, 1.807) is 29.2 Å². The molecule has 0 aliphatic rings. The fourth-order valence-corrected chi connectivity index (χ4v) is 5.76. The molecule has 0 aliphatic carbocycles. The Bertz CT molecular complexity index is 1440. The molecule has 18 nitrogen and oxygen atoms in total. The summed E-state index contributed by atoms with van der Waals surface area (Å²) in [6.07, 6.45) is 0.473. The van der Waals surface area contributed by atoms with E-state index in [0.29, 0.717) is 17.9 Å². The van der Waals surface area contributed by atoms with Crippen molar-refractivity contribution in [3.8, 4) is 0 Å². The van der Waals surface area contributed by atoms with Crippen molar-refractivity contribution in [3.05, 3.63) is 71.3 Å². The summed E-state index contributed by atoms with van der Waals surface area (Å²) >= 11 is 1.51. The Balaban J connectivity index is 1.83. The zero-order valence-corrected chi connectivity index (χ0v) is 30.0. The van der Waals surface area contributed by atoms with Gasteiger partial charge in [0, 0.05) is 50.7 Å². The maximum atomic E-state index is 12.9. The van der Waals surface area contributed by atoms with Gasteiger partial charge in [0.05, 0.1) is 38.8 Å². The highest BCUT2D eigenvalue weighted by Crippen LogP contribution is 2.12. The Morgan fingerprint density at radius 2 is 1.09 bits per heavy atom.